The highest BCUT2D eigenvalue weighted by molar-refractivity contribution is 6.41. The SMILES string of the molecule is CCNC(=NCc1cc(Cl)c(Cl)n1C)NCC(C)Cn1cccn1. The topological polar surface area (TPSA) is 59.2 Å². The molecule has 0 aromatic carbocycles. The van der Waals surface area contributed by atoms with Crippen LogP contribution in [0.25, 0.3) is 0 Å². The van der Waals surface area contributed by atoms with Crippen LogP contribution in [0.15, 0.2) is 29.5 Å². The highest BCUT2D eigenvalue weighted by Crippen LogP contribution is 2.25. The van der Waals surface area contributed by atoms with Gasteiger partial charge >= 0.3 is 0 Å². The zero-order valence-corrected chi connectivity index (χ0v) is 15.8. The Morgan fingerprint density at radius 3 is 2.75 bits per heavy atom. The van der Waals surface area contributed by atoms with Crippen molar-refractivity contribution in [2.75, 3.05) is 13.1 Å². The van der Waals surface area contributed by atoms with Crippen LogP contribution in [0.2, 0.25) is 10.2 Å². The number of rotatable bonds is 7. The minimum absolute atomic E-state index is 0.424. The van der Waals surface area contributed by atoms with E-state index in [2.05, 4.69) is 27.6 Å². The van der Waals surface area contributed by atoms with E-state index in [1.165, 1.54) is 0 Å². The quantitative estimate of drug-likeness (QED) is 0.581. The standard InChI is InChI=1S/C16H24Cl2N6/c1-4-19-16(20-9-12(2)11-24-7-5-6-22-24)21-10-13-8-14(17)15(18)23(13)3/h5-8,12H,4,9-11H2,1-3H3,(H2,19,20,21). The molecule has 0 aliphatic carbocycles. The van der Waals surface area contributed by atoms with Gasteiger partial charge in [0.15, 0.2) is 5.96 Å². The normalized spacial score (nSPS) is 13.1. The third-order valence-electron chi connectivity index (χ3n) is 3.63. The number of nitrogens with zero attached hydrogens (tertiary/aromatic N) is 4. The Morgan fingerprint density at radius 1 is 1.38 bits per heavy atom. The van der Waals surface area contributed by atoms with Gasteiger partial charge in [-0.3, -0.25) is 4.68 Å². The summed E-state index contributed by atoms with van der Waals surface area (Å²) in [7, 11) is 1.88. The predicted octanol–water partition coefficient (Wildman–Crippen LogP) is 2.92. The largest absolute Gasteiger partial charge is 0.357 e. The molecule has 24 heavy (non-hydrogen) atoms. The molecule has 1 unspecified atom stereocenters. The third-order valence-corrected chi connectivity index (χ3v) is 4.48. The molecule has 0 saturated heterocycles. The zero-order valence-electron chi connectivity index (χ0n) is 14.3. The first-order valence-electron chi connectivity index (χ1n) is 8.00. The lowest BCUT2D eigenvalue weighted by Gasteiger charge is -2.16. The minimum Gasteiger partial charge on any atom is -0.357 e. The smallest absolute Gasteiger partial charge is 0.191 e. The summed E-state index contributed by atoms with van der Waals surface area (Å²) in [6.45, 7) is 7.19. The van der Waals surface area contributed by atoms with Crippen molar-refractivity contribution in [3.63, 3.8) is 0 Å². The van der Waals surface area contributed by atoms with E-state index >= 15 is 0 Å². The van der Waals surface area contributed by atoms with E-state index in [9.17, 15) is 0 Å². The molecule has 0 bridgehead atoms. The molecule has 1 atom stereocenters. The van der Waals surface area contributed by atoms with E-state index in [1.54, 1.807) is 6.20 Å². The fraction of sp³-hybridized carbons (Fsp3) is 0.500. The summed E-state index contributed by atoms with van der Waals surface area (Å²) < 4.78 is 3.78. The Bertz CT molecular complexity index is 662. The van der Waals surface area contributed by atoms with Gasteiger partial charge in [0.1, 0.15) is 5.15 Å². The molecule has 0 aliphatic heterocycles. The maximum atomic E-state index is 6.09. The number of hydrogen-bond donors (Lipinski definition) is 2. The molecule has 2 N–H and O–H groups in total. The molecule has 2 aromatic heterocycles. The number of guanidine groups is 1. The molecule has 0 aliphatic rings. The fourth-order valence-corrected chi connectivity index (χ4v) is 2.72. The van der Waals surface area contributed by atoms with E-state index in [0.29, 0.717) is 22.6 Å². The molecule has 132 valence electrons. The molecule has 8 heteroatoms. The zero-order chi connectivity index (χ0) is 17.5. The van der Waals surface area contributed by atoms with Crippen LogP contribution in [0, 0.1) is 5.92 Å². The van der Waals surface area contributed by atoms with Crippen molar-refractivity contribution < 1.29 is 0 Å². The van der Waals surface area contributed by atoms with Crippen LogP contribution < -0.4 is 10.6 Å². The van der Waals surface area contributed by atoms with Gasteiger partial charge in [-0.15, -0.1) is 0 Å². The van der Waals surface area contributed by atoms with Gasteiger partial charge < -0.3 is 15.2 Å². The third kappa shape index (κ3) is 5.18. The average molecular weight is 371 g/mol. The van der Waals surface area contributed by atoms with Crippen LogP contribution in [-0.4, -0.2) is 33.4 Å². The van der Waals surface area contributed by atoms with Crippen molar-refractivity contribution >= 4 is 29.2 Å². The number of halogens is 2. The summed E-state index contributed by atoms with van der Waals surface area (Å²) in [4.78, 5) is 4.60. The van der Waals surface area contributed by atoms with Crippen molar-refractivity contribution in [2.24, 2.45) is 18.0 Å². The number of hydrogen-bond acceptors (Lipinski definition) is 2. The Morgan fingerprint density at radius 2 is 2.17 bits per heavy atom. The van der Waals surface area contributed by atoms with E-state index in [0.717, 1.165) is 31.3 Å². The summed E-state index contributed by atoms with van der Waals surface area (Å²) in [5.41, 5.74) is 0.965. The van der Waals surface area contributed by atoms with Crippen molar-refractivity contribution in [3.8, 4) is 0 Å². The first-order valence-corrected chi connectivity index (χ1v) is 8.76. The van der Waals surface area contributed by atoms with E-state index < -0.39 is 0 Å². The summed E-state index contributed by atoms with van der Waals surface area (Å²) in [6.07, 6.45) is 3.76. The number of nitrogens with one attached hydrogen (secondary N) is 2. The van der Waals surface area contributed by atoms with E-state index in [1.807, 2.05) is 41.5 Å². The maximum absolute atomic E-state index is 6.09. The monoisotopic (exact) mass is 370 g/mol. The predicted molar refractivity (Wildman–Crippen MR) is 99.6 cm³/mol. The Balaban J connectivity index is 1.91. The average Bonchev–Trinajstić information content (AvgIpc) is 3.14. The molecule has 2 heterocycles. The van der Waals surface area contributed by atoms with Crippen molar-refractivity contribution in [1.82, 2.24) is 25.0 Å². The summed E-state index contributed by atoms with van der Waals surface area (Å²) >= 11 is 12.1. The summed E-state index contributed by atoms with van der Waals surface area (Å²) in [5, 5.41) is 11.9. The highest BCUT2D eigenvalue weighted by atomic mass is 35.5. The number of aliphatic imine (C=N–C) groups is 1. The summed E-state index contributed by atoms with van der Waals surface area (Å²) in [6, 6.07) is 3.78. The van der Waals surface area contributed by atoms with Crippen LogP contribution in [0.4, 0.5) is 0 Å². The van der Waals surface area contributed by atoms with Gasteiger partial charge in [0.25, 0.3) is 0 Å². The molecular weight excluding hydrogens is 347 g/mol. The first-order chi connectivity index (χ1) is 11.5. The van der Waals surface area contributed by atoms with Gasteiger partial charge in [0, 0.05) is 44.8 Å². The second kappa shape index (κ2) is 8.99. The van der Waals surface area contributed by atoms with Gasteiger partial charge in [-0.1, -0.05) is 30.1 Å². The minimum atomic E-state index is 0.424. The van der Waals surface area contributed by atoms with Crippen LogP contribution in [-0.2, 0) is 20.1 Å². The second-order valence-electron chi connectivity index (χ2n) is 5.74. The van der Waals surface area contributed by atoms with Crippen molar-refractivity contribution in [2.45, 2.75) is 26.9 Å². The highest BCUT2D eigenvalue weighted by Gasteiger charge is 2.09. The number of aromatic nitrogens is 3. The molecule has 0 saturated carbocycles. The van der Waals surface area contributed by atoms with Crippen LogP contribution in [0.5, 0.6) is 0 Å². The molecule has 0 radical (unpaired) electrons. The van der Waals surface area contributed by atoms with Gasteiger partial charge in [-0.2, -0.15) is 5.10 Å². The molecule has 0 spiro atoms. The molecule has 0 fully saturated rings. The lowest BCUT2D eigenvalue weighted by Crippen LogP contribution is -2.40. The van der Waals surface area contributed by atoms with Gasteiger partial charge in [-0.05, 0) is 25.0 Å². The van der Waals surface area contributed by atoms with Crippen molar-refractivity contribution in [1.29, 1.82) is 0 Å². The van der Waals surface area contributed by atoms with Crippen LogP contribution in [0.3, 0.4) is 0 Å². The lowest BCUT2D eigenvalue weighted by atomic mass is 10.2. The van der Waals surface area contributed by atoms with Crippen LogP contribution >= 0.6 is 23.2 Å². The molecule has 0 amide bonds. The van der Waals surface area contributed by atoms with Gasteiger partial charge in [0.2, 0.25) is 0 Å². The van der Waals surface area contributed by atoms with Crippen molar-refractivity contribution in [3.05, 3.63) is 40.4 Å². The summed E-state index contributed by atoms with van der Waals surface area (Å²) in [5.74, 6) is 1.20. The van der Waals surface area contributed by atoms with Gasteiger partial charge in [-0.25, -0.2) is 4.99 Å². The maximum Gasteiger partial charge on any atom is 0.191 e. The Hall–Kier alpha value is -1.66. The second-order valence-corrected chi connectivity index (χ2v) is 6.51. The molecular formula is C16H24Cl2N6. The van der Waals surface area contributed by atoms with Gasteiger partial charge in [0.05, 0.1) is 11.6 Å². The molecule has 2 rings (SSSR count). The molecule has 6 nitrogen and oxygen atoms in total. The molecule has 2 aromatic rings. The fourth-order valence-electron chi connectivity index (χ4n) is 2.31. The Labute approximate surface area is 152 Å². The lowest BCUT2D eigenvalue weighted by molar-refractivity contribution is 0.443. The van der Waals surface area contributed by atoms with E-state index in [4.69, 9.17) is 23.2 Å². The van der Waals surface area contributed by atoms with Crippen LogP contribution in [0.1, 0.15) is 19.5 Å². The first kappa shape index (κ1) is 18.7. The van der Waals surface area contributed by atoms with E-state index in [-0.39, 0.29) is 0 Å². The Kier molecular flexibility index (Phi) is 6.99.